The molecule has 4 nitrogen and oxygen atoms in total. The second-order valence-electron chi connectivity index (χ2n) is 3.95. The Morgan fingerprint density at radius 2 is 2.11 bits per heavy atom. The van der Waals surface area contributed by atoms with Crippen molar-refractivity contribution in [3.8, 4) is 6.07 Å². The van der Waals surface area contributed by atoms with E-state index in [4.69, 9.17) is 28.5 Å². The number of hydrogen-bond acceptors (Lipinski definition) is 4. The minimum Gasteiger partial charge on any atom is -0.291 e. The number of hydrogen-bond donors (Lipinski definition) is 1. The molecule has 1 aliphatic rings. The van der Waals surface area contributed by atoms with Gasteiger partial charge in [-0.25, -0.2) is 0 Å². The average molecular weight is 282 g/mol. The largest absolute Gasteiger partial charge is 0.291 e. The van der Waals surface area contributed by atoms with Crippen LogP contribution in [0.2, 0.25) is 10.0 Å². The molecule has 0 aromatic heterocycles. The fourth-order valence-electron chi connectivity index (χ4n) is 1.36. The standard InChI is InChI=1S/C12H9Cl2N3O/c13-9-4-3-8(5-10(9)14)16-17-11(6-15)12(18)7-1-2-7/h3-5,7,16H,1-2H2/b17-11-. The summed E-state index contributed by atoms with van der Waals surface area (Å²) in [5, 5.41) is 13.5. The number of rotatable bonds is 4. The molecule has 92 valence electrons. The minimum absolute atomic E-state index is 0.0287. The van der Waals surface area contributed by atoms with Gasteiger partial charge in [0.25, 0.3) is 0 Å². The number of anilines is 1. The molecule has 0 spiro atoms. The summed E-state index contributed by atoms with van der Waals surface area (Å²) in [6, 6.07) is 6.64. The molecule has 2 rings (SSSR count). The molecule has 1 aromatic carbocycles. The SMILES string of the molecule is N#C/C(=N/Nc1ccc(Cl)c(Cl)c1)C(=O)C1CC1. The molecule has 0 aliphatic heterocycles. The molecule has 1 N–H and O–H groups in total. The van der Waals surface area contributed by atoms with Gasteiger partial charge < -0.3 is 0 Å². The quantitative estimate of drug-likeness (QED) is 0.680. The van der Waals surface area contributed by atoms with Crippen molar-refractivity contribution in [3.05, 3.63) is 28.2 Å². The zero-order valence-corrected chi connectivity index (χ0v) is 10.8. The van der Waals surface area contributed by atoms with Gasteiger partial charge >= 0.3 is 0 Å². The fraction of sp³-hybridized carbons (Fsp3) is 0.250. The number of nitrogens with one attached hydrogen (secondary N) is 1. The Labute approximate surface area is 114 Å². The van der Waals surface area contributed by atoms with Crippen LogP contribution in [0.4, 0.5) is 5.69 Å². The number of benzene rings is 1. The summed E-state index contributed by atoms with van der Waals surface area (Å²) in [6.07, 6.45) is 1.68. The second-order valence-corrected chi connectivity index (χ2v) is 4.77. The Kier molecular flexibility index (Phi) is 3.85. The maximum atomic E-state index is 11.6. The van der Waals surface area contributed by atoms with E-state index in [9.17, 15) is 4.79 Å². The highest BCUT2D eigenvalue weighted by Crippen LogP contribution is 2.30. The Hall–Kier alpha value is -1.57. The van der Waals surface area contributed by atoms with E-state index in [1.54, 1.807) is 24.3 Å². The maximum Gasteiger partial charge on any atom is 0.203 e. The number of nitrogens with zero attached hydrogens (tertiary/aromatic N) is 2. The zero-order chi connectivity index (χ0) is 13.1. The predicted octanol–water partition coefficient (Wildman–Crippen LogP) is 3.26. The monoisotopic (exact) mass is 281 g/mol. The topological polar surface area (TPSA) is 65.2 Å². The van der Waals surface area contributed by atoms with E-state index >= 15 is 0 Å². The van der Waals surface area contributed by atoms with Crippen LogP contribution in [0.1, 0.15) is 12.8 Å². The van der Waals surface area contributed by atoms with Gasteiger partial charge in [-0.05, 0) is 31.0 Å². The third-order valence-electron chi connectivity index (χ3n) is 2.50. The molecule has 1 aromatic rings. The molecule has 0 heterocycles. The smallest absolute Gasteiger partial charge is 0.203 e. The molecule has 0 amide bonds. The van der Waals surface area contributed by atoms with E-state index in [0.29, 0.717) is 15.7 Å². The van der Waals surface area contributed by atoms with Crippen LogP contribution in [0, 0.1) is 17.2 Å². The van der Waals surface area contributed by atoms with E-state index in [2.05, 4.69) is 10.5 Å². The van der Waals surface area contributed by atoms with Crippen molar-refractivity contribution in [1.29, 1.82) is 5.26 Å². The molecule has 1 saturated carbocycles. The first-order valence-electron chi connectivity index (χ1n) is 5.35. The molecule has 1 fully saturated rings. The average Bonchev–Trinajstić information content (AvgIpc) is 3.18. The lowest BCUT2D eigenvalue weighted by Crippen LogP contribution is -2.15. The molecule has 0 saturated heterocycles. The molecule has 1 aliphatic carbocycles. The van der Waals surface area contributed by atoms with Gasteiger partial charge in [-0.2, -0.15) is 10.4 Å². The van der Waals surface area contributed by atoms with Crippen molar-refractivity contribution in [3.63, 3.8) is 0 Å². The Bertz CT molecular complexity index is 559. The molecule has 0 bridgehead atoms. The van der Waals surface area contributed by atoms with Crippen LogP contribution in [-0.4, -0.2) is 11.5 Å². The van der Waals surface area contributed by atoms with Crippen molar-refractivity contribution in [2.45, 2.75) is 12.8 Å². The number of Topliss-reactive ketones (excluding diaryl/α,β-unsaturated/α-hetero) is 1. The molecular formula is C12H9Cl2N3O. The van der Waals surface area contributed by atoms with Crippen molar-refractivity contribution >= 4 is 40.4 Å². The van der Waals surface area contributed by atoms with Crippen molar-refractivity contribution < 1.29 is 4.79 Å². The van der Waals surface area contributed by atoms with Crippen LogP contribution in [-0.2, 0) is 4.79 Å². The van der Waals surface area contributed by atoms with E-state index in [0.717, 1.165) is 12.8 Å². The summed E-state index contributed by atoms with van der Waals surface area (Å²) in [5.74, 6) is -0.232. The van der Waals surface area contributed by atoms with Crippen LogP contribution in [0.25, 0.3) is 0 Å². The van der Waals surface area contributed by atoms with Gasteiger partial charge in [0.05, 0.1) is 15.7 Å². The summed E-state index contributed by atoms with van der Waals surface area (Å²) >= 11 is 11.6. The van der Waals surface area contributed by atoms with E-state index < -0.39 is 0 Å². The number of hydrazone groups is 1. The lowest BCUT2D eigenvalue weighted by atomic mass is 10.2. The van der Waals surface area contributed by atoms with Crippen molar-refractivity contribution in [1.82, 2.24) is 0 Å². The van der Waals surface area contributed by atoms with Gasteiger partial charge in [0.1, 0.15) is 6.07 Å². The molecule has 18 heavy (non-hydrogen) atoms. The summed E-state index contributed by atoms with van der Waals surface area (Å²) in [6.45, 7) is 0. The van der Waals surface area contributed by atoms with E-state index in [1.807, 2.05) is 0 Å². The van der Waals surface area contributed by atoms with Crippen LogP contribution in [0.15, 0.2) is 23.3 Å². The molecular weight excluding hydrogens is 273 g/mol. The minimum atomic E-state index is -0.204. The zero-order valence-electron chi connectivity index (χ0n) is 9.28. The Morgan fingerprint density at radius 1 is 1.39 bits per heavy atom. The van der Waals surface area contributed by atoms with E-state index in [-0.39, 0.29) is 17.4 Å². The normalized spacial score (nSPS) is 15.1. The third kappa shape index (κ3) is 3.00. The first kappa shape index (κ1) is 12.9. The highest BCUT2D eigenvalue weighted by atomic mass is 35.5. The summed E-state index contributed by atoms with van der Waals surface area (Å²) in [7, 11) is 0. The van der Waals surface area contributed by atoms with Gasteiger partial charge in [-0.1, -0.05) is 23.2 Å². The van der Waals surface area contributed by atoms with Crippen molar-refractivity contribution in [2.24, 2.45) is 11.0 Å². The number of carbonyl (C=O) groups is 1. The van der Waals surface area contributed by atoms with E-state index in [1.165, 1.54) is 0 Å². The maximum absolute atomic E-state index is 11.6. The number of ketones is 1. The Balaban J connectivity index is 2.10. The summed E-state index contributed by atoms with van der Waals surface area (Å²) < 4.78 is 0. The lowest BCUT2D eigenvalue weighted by Gasteiger charge is -2.02. The second kappa shape index (κ2) is 5.38. The molecule has 0 radical (unpaired) electrons. The van der Waals surface area contributed by atoms with Gasteiger partial charge in [-0.3, -0.25) is 10.2 Å². The van der Waals surface area contributed by atoms with Crippen LogP contribution in [0.3, 0.4) is 0 Å². The van der Waals surface area contributed by atoms with Crippen LogP contribution < -0.4 is 5.43 Å². The van der Waals surface area contributed by atoms with Crippen LogP contribution in [0.5, 0.6) is 0 Å². The summed E-state index contributed by atoms with van der Waals surface area (Å²) in [5.41, 5.74) is 3.09. The third-order valence-corrected chi connectivity index (χ3v) is 3.24. The predicted molar refractivity (Wildman–Crippen MR) is 70.9 cm³/mol. The first-order valence-corrected chi connectivity index (χ1v) is 6.10. The van der Waals surface area contributed by atoms with Gasteiger partial charge in [-0.15, -0.1) is 0 Å². The Morgan fingerprint density at radius 3 is 2.67 bits per heavy atom. The first-order chi connectivity index (χ1) is 8.61. The fourth-order valence-corrected chi connectivity index (χ4v) is 1.66. The highest BCUT2D eigenvalue weighted by molar-refractivity contribution is 6.47. The highest BCUT2D eigenvalue weighted by Gasteiger charge is 2.32. The molecule has 0 atom stereocenters. The number of carbonyl (C=O) groups excluding carboxylic acids is 1. The number of halogens is 2. The van der Waals surface area contributed by atoms with Gasteiger partial charge in [0, 0.05) is 5.92 Å². The number of nitriles is 1. The van der Waals surface area contributed by atoms with Gasteiger partial charge in [0.2, 0.25) is 5.71 Å². The lowest BCUT2D eigenvalue weighted by molar-refractivity contribution is -0.113. The summed E-state index contributed by atoms with van der Waals surface area (Å²) in [4.78, 5) is 11.6. The van der Waals surface area contributed by atoms with Gasteiger partial charge in [0.15, 0.2) is 5.78 Å². The van der Waals surface area contributed by atoms with Crippen LogP contribution >= 0.6 is 23.2 Å². The molecule has 6 heteroatoms. The van der Waals surface area contributed by atoms with Crippen molar-refractivity contribution in [2.75, 3.05) is 5.43 Å². The molecule has 0 unspecified atom stereocenters.